The molecule has 0 bridgehead atoms. The van der Waals surface area contributed by atoms with Crippen molar-refractivity contribution in [3.05, 3.63) is 0 Å². The Morgan fingerprint density at radius 2 is 1.94 bits per heavy atom. The molecule has 96 valence electrons. The van der Waals surface area contributed by atoms with Gasteiger partial charge >= 0.3 is 0 Å². The predicted molar refractivity (Wildman–Crippen MR) is 67.2 cm³/mol. The fourth-order valence-electron chi connectivity index (χ4n) is 1.60. The molecule has 0 rings (SSSR count). The number of hydrogen-bond donors (Lipinski definition) is 2. The van der Waals surface area contributed by atoms with Crippen LogP contribution in [-0.4, -0.2) is 23.7 Å². The van der Waals surface area contributed by atoms with Crippen LogP contribution in [0, 0.1) is 5.41 Å². The molecule has 0 aliphatic heterocycles. The van der Waals surface area contributed by atoms with E-state index in [4.69, 9.17) is 5.11 Å². The van der Waals surface area contributed by atoms with Crippen molar-refractivity contribution in [3.63, 3.8) is 0 Å². The van der Waals surface area contributed by atoms with Gasteiger partial charge in [-0.25, -0.2) is 0 Å². The van der Waals surface area contributed by atoms with Gasteiger partial charge < -0.3 is 10.4 Å². The monoisotopic (exact) mass is 229 g/mol. The molecule has 0 aliphatic carbocycles. The summed E-state index contributed by atoms with van der Waals surface area (Å²) in [4.78, 5) is 11.5. The number of carbonyl (C=O) groups excluding carboxylic acids is 1. The summed E-state index contributed by atoms with van der Waals surface area (Å²) in [6.07, 6.45) is 4.24. The molecule has 16 heavy (non-hydrogen) atoms. The van der Waals surface area contributed by atoms with Crippen LogP contribution >= 0.6 is 0 Å². The number of aliphatic hydroxyl groups is 1. The Kier molecular flexibility index (Phi) is 7.39. The first-order valence-corrected chi connectivity index (χ1v) is 6.25. The highest BCUT2D eigenvalue weighted by Crippen LogP contribution is 2.21. The first-order valence-electron chi connectivity index (χ1n) is 6.25. The molecule has 2 N–H and O–H groups in total. The minimum Gasteiger partial charge on any atom is -0.396 e. The maximum atomic E-state index is 11.5. The smallest absolute Gasteiger partial charge is 0.220 e. The first kappa shape index (κ1) is 15.4. The number of aliphatic hydroxyl groups excluding tert-OH is 1. The summed E-state index contributed by atoms with van der Waals surface area (Å²) in [6.45, 7) is 8.75. The third-order valence-corrected chi connectivity index (χ3v) is 2.53. The van der Waals surface area contributed by atoms with E-state index in [1.165, 1.54) is 0 Å². The van der Waals surface area contributed by atoms with Crippen LogP contribution in [0.1, 0.15) is 59.8 Å². The fraction of sp³-hybridized carbons (Fsp3) is 0.923. The van der Waals surface area contributed by atoms with E-state index in [-0.39, 0.29) is 18.6 Å². The minimum absolute atomic E-state index is 0.134. The second-order valence-electron chi connectivity index (χ2n) is 5.75. The molecule has 0 saturated heterocycles. The molecule has 0 aromatic carbocycles. The highest BCUT2D eigenvalue weighted by atomic mass is 16.2. The number of amides is 1. The van der Waals surface area contributed by atoms with E-state index >= 15 is 0 Å². The van der Waals surface area contributed by atoms with Crippen molar-refractivity contribution in [1.29, 1.82) is 0 Å². The summed E-state index contributed by atoms with van der Waals surface area (Å²) < 4.78 is 0. The van der Waals surface area contributed by atoms with Gasteiger partial charge in [-0.05, 0) is 38.0 Å². The molecule has 0 heterocycles. The van der Waals surface area contributed by atoms with Gasteiger partial charge in [-0.3, -0.25) is 4.79 Å². The van der Waals surface area contributed by atoms with Crippen molar-refractivity contribution in [2.45, 2.75) is 65.8 Å². The molecular weight excluding hydrogens is 202 g/mol. The quantitative estimate of drug-likeness (QED) is 0.704. The van der Waals surface area contributed by atoms with Crippen LogP contribution in [0.3, 0.4) is 0 Å². The van der Waals surface area contributed by atoms with Crippen molar-refractivity contribution >= 4 is 5.91 Å². The molecule has 0 aliphatic rings. The molecule has 0 spiro atoms. The lowest BCUT2D eigenvalue weighted by molar-refractivity contribution is -0.121. The molecular formula is C13H27NO2. The van der Waals surface area contributed by atoms with Gasteiger partial charge in [-0.1, -0.05) is 20.8 Å². The van der Waals surface area contributed by atoms with Gasteiger partial charge in [0, 0.05) is 19.1 Å². The second-order valence-corrected chi connectivity index (χ2v) is 5.75. The largest absolute Gasteiger partial charge is 0.396 e. The third-order valence-electron chi connectivity index (χ3n) is 2.53. The lowest BCUT2D eigenvalue weighted by Crippen LogP contribution is -2.32. The Bertz CT molecular complexity index is 197. The van der Waals surface area contributed by atoms with Gasteiger partial charge in [0.05, 0.1) is 0 Å². The molecule has 1 amide bonds. The number of carbonyl (C=O) groups is 1. The van der Waals surface area contributed by atoms with Gasteiger partial charge in [-0.15, -0.1) is 0 Å². The van der Waals surface area contributed by atoms with E-state index in [0.29, 0.717) is 11.8 Å². The van der Waals surface area contributed by atoms with Gasteiger partial charge in [0.15, 0.2) is 0 Å². The average molecular weight is 229 g/mol. The van der Waals surface area contributed by atoms with Crippen LogP contribution in [0.15, 0.2) is 0 Å². The molecule has 0 aromatic heterocycles. The van der Waals surface area contributed by atoms with Crippen LogP contribution in [0.2, 0.25) is 0 Å². The minimum atomic E-state index is 0.134. The molecule has 0 saturated carbocycles. The Labute approximate surface area is 99.6 Å². The molecule has 0 radical (unpaired) electrons. The topological polar surface area (TPSA) is 49.3 Å². The second kappa shape index (κ2) is 7.66. The zero-order valence-electron chi connectivity index (χ0n) is 11.2. The van der Waals surface area contributed by atoms with Crippen molar-refractivity contribution in [1.82, 2.24) is 5.32 Å². The Morgan fingerprint density at radius 3 is 2.44 bits per heavy atom. The third kappa shape index (κ3) is 9.97. The summed E-state index contributed by atoms with van der Waals surface area (Å²) in [5.74, 6) is 0.134. The van der Waals surface area contributed by atoms with E-state index in [2.05, 4.69) is 26.1 Å². The Hall–Kier alpha value is -0.570. The van der Waals surface area contributed by atoms with Gasteiger partial charge in [0.2, 0.25) is 5.91 Å². The van der Waals surface area contributed by atoms with E-state index in [1.54, 1.807) is 0 Å². The highest BCUT2D eigenvalue weighted by Gasteiger charge is 2.12. The standard InChI is InChI=1S/C13H27NO2/c1-11(7-6-10-15)14-12(16)8-5-9-13(2,3)4/h11,15H,5-10H2,1-4H3,(H,14,16). The lowest BCUT2D eigenvalue weighted by atomic mass is 9.90. The van der Waals surface area contributed by atoms with Gasteiger partial charge in [0.1, 0.15) is 0 Å². The van der Waals surface area contributed by atoms with Crippen molar-refractivity contribution in [2.24, 2.45) is 5.41 Å². The fourth-order valence-corrected chi connectivity index (χ4v) is 1.60. The van der Waals surface area contributed by atoms with E-state index in [0.717, 1.165) is 25.7 Å². The maximum absolute atomic E-state index is 11.5. The summed E-state index contributed by atoms with van der Waals surface area (Å²) in [6, 6.07) is 0.175. The van der Waals surface area contributed by atoms with Crippen molar-refractivity contribution in [2.75, 3.05) is 6.61 Å². The SMILES string of the molecule is CC(CCCO)NC(=O)CCCC(C)(C)C. The van der Waals surface area contributed by atoms with Crippen LogP contribution in [0.5, 0.6) is 0 Å². The maximum Gasteiger partial charge on any atom is 0.220 e. The molecule has 1 atom stereocenters. The van der Waals surface area contributed by atoms with Crippen LogP contribution in [-0.2, 0) is 4.79 Å². The predicted octanol–water partition coefficient (Wildman–Crippen LogP) is 2.48. The van der Waals surface area contributed by atoms with Crippen molar-refractivity contribution < 1.29 is 9.90 Å². The summed E-state index contributed by atoms with van der Waals surface area (Å²) >= 11 is 0. The van der Waals surface area contributed by atoms with Crippen LogP contribution in [0.25, 0.3) is 0 Å². The van der Waals surface area contributed by atoms with E-state index < -0.39 is 0 Å². The summed E-state index contributed by atoms with van der Waals surface area (Å²) in [5, 5.41) is 11.6. The summed E-state index contributed by atoms with van der Waals surface area (Å²) in [7, 11) is 0. The molecule has 1 unspecified atom stereocenters. The molecule has 0 fully saturated rings. The molecule has 3 heteroatoms. The van der Waals surface area contributed by atoms with Gasteiger partial charge in [-0.2, -0.15) is 0 Å². The molecule has 3 nitrogen and oxygen atoms in total. The number of hydrogen-bond acceptors (Lipinski definition) is 2. The Balaban J connectivity index is 3.58. The lowest BCUT2D eigenvalue weighted by Gasteiger charge is -2.18. The van der Waals surface area contributed by atoms with Crippen LogP contribution < -0.4 is 5.32 Å². The first-order chi connectivity index (χ1) is 7.35. The zero-order chi connectivity index (χ0) is 12.6. The molecule has 0 aromatic rings. The number of rotatable bonds is 7. The van der Waals surface area contributed by atoms with Gasteiger partial charge in [0.25, 0.3) is 0 Å². The normalized spacial score (nSPS) is 13.6. The Morgan fingerprint density at radius 1 is 1.31 bits per heavy atom. The average Bonchev–Trinajstić information content (AvgIpc) is 2.12. The van der Waals surface area contributed by atoms with Crippen LogP contribution in [0.4, 0.5) is 0 Å². The number of nitrogens with one attached hydrogen (secondary N) is 1. The zero-order valence-corrected chi connectivity index (χ0v) is 11.2. The summed E-state index contributed by atoms with van der Waals surface area (Å²) in [5.41, 5.74) is 0.308. The van der Waals surface area contributed by atoms with Crippen molar-refractivity contribution in [3.8, 4) is 0 Å². The van der Waals surface area contributed by atoms with E-state index in [9.17, 15) is 4.79 Å². The highest BCUT2D eigenvalue weighted by molar-refractivity contribution is 5.76. The van der Waals surface area contributed by atoms with E-state index in [1.807, 2.05) is 6.92 Å².